The molecule has 7 heteroatoms. The van der Waals surface area contributed by atoms with E-state index in [1.54, 1.807) is 0 Å². The molecule has 6 rings (SSSR count). The van der Waals surface area contributed by atoms with Crippen molar-refractivity contribution in [3.05, 3.63) is 103 Å². The van der Waals surface area contributed by atoms with Crippen molar-refractivity contribution in [2.75, 3.05) is 13.1 Å². The fourth-order valence-electron chi connectivity index (χ4n) is 4.93. The van der Waals surface area contributed by atoms with Crippen LogP contribution in [0.5, 0.6) is 0 Å². The first kappa shape index (κ1) is 22.4. The Morgan fingerprint density at radius 1 is 0.972 bits per heavy atom. The van der Waals surface area contributed by atoms with Crippen molar-refractivity contribution in [2.24, 2.45) is 0 Å². The molecule has 7 nitrogen and oxygen atoms in total. The Morgan fingerprint density at radius 2 is 1.81 bits per heavy atom. The Labute approximate surface area is 210 Å². The van der Waals surface area contributed by atoms with E-state index in [-0.39, 0.29) is 0 Å². The van der Waals surface area contributed by atoms with Crippen LogP contribution >= 0.6 is 0 Å². The van der Waals surface area contributed by atoms with E-state index in [2.05, 4.69) is 78.2 Å². The van der Waals surface area contributed by atoms with Crippen LogP contribution in [0.15, 0.2) is 85.6 Å². The summed E-state index contributed by atoms with van der Waals surface area (Å²) in [6, 6.07) is 21.4. The topological polar surface area (TPSA) is 75.5 Å². The number of hydrogen-bond acceptors (Lipinski definition) is 5. The average molecular weight is 476 g/mol. The maximum atomic E-state index is 4.75. The number of pyridine rings is 1. The van der Waals surface area contributed by atoms with Gasteiger partial charge >= 0.3 is 0 Å². The van der Waals surface area contributed by atoms with Gasteiger partial charge in [-0.1, -0.05) is 48.5 Å². The number of rotatable bonds is 6. The number of benzene rings is 2. The van der Waals surface area contributed by atoms with E-state index in [1.807, 2.05) is 44.0 Å². The van der Waals surface area contributed by atoms with Crippen LogP contribution in [0.2, 0.25) is 0 Å². The maximum absolute atomic E-state index is 4.75. The lowest BCUT2D eigenvalue weighted by atomic mass is 9.95. The van der Waals surface area contributed by atoms with Crippen LogP contribution in [0.25, 0.3) is 28.3 Å². The van der Waals surface area contributed by atoms with Crippen LogP contribution in [-0.2, 0) is 6.54 Å². The number of piperidine rings is 1. The molecule has 1 N–H and O–H groups in total. The summed E-state index contributed by atoms with van der Waals surface area (Å²) in [7, 11) is 0. The number of likely N-dealkylation sites (tertiary alicyclic amines) is 1. The van der Waals surface area contributed by atoms with Crippen molar-refractivity contribution in [3.63, 3.8) is 0 Å². The molecule has 0 atom stereocenters. The fraction of sp³-hybridized carbons (Fsp3) is 0.241. The molecular formula is C29H29N7. The second-order valence-corrected chi connectivity index (χ2v) is 9.50. The molecule has 0 radical (unpaired) electrons. The van der Waals surface area contributed by atoms with Crippen LogP contribution in [0.1, 0.15) is 35.7 Å². The third-order valence-electron chi connectivity index (χ3n) is 6.98. The van der Waals surface area contributed by atoms with Crippen LogP contribution < -0.4 is 0 Å². The third kappa shape index (κ3) is 4.70. The summed E-state index contributed by atoms with van der Waals surface area (Å²) >= 11 is 0. The van der Waals surface area contributed by atoms with Crippen molar-refractivity contribution in [3.8, 4) is 28.3 Å². The molecule has 5 aromatic rings. The monoisotopic (exact) mass is 475 g/mol. The van der Waals surface area contributed by atoms with Crippen molar-refractivity contribution < 1.29 is 0 Å². The second-order valence-electron chi connectivity index (χ2n) is 9.50. The summed E-state index contributed by atoms with van der Waals surface area (Å²) in [6.07, 6.45) is 9.64. The minimum Gasteiger partial charge on any atom is -0.306 e. The van der Waals surface area contributed by atoms with E-state index in [0.29, 0.717) is 11.7 Å². The number of H-pyrrole nitrogens is 1. The molecule has 4 heterocycles. The number of aryl methyl sites for hydroxylation is 1. The maximum Gasteiger partial charge on any atom is 0.199 e. The van der Waals surface area contributed by atoms with E-state index >= 15 is 0 Å². The Kier molecular flexibility index (Phi) is 6.13. The molecule has 0 unspecified atom stereocenters. The third-order valence-corrected chi connectivity index (χ3v) is 6.98. The van der Waals surface area contributed by atoms with E-state index in [4.69, 9.17) is 4.98 Å². The van der Waals surface area contributed by atoms with Crippen LogP contribution in [0.3, 0.4) is 0 Å². The van der Waals surface area contributed by atoms with Crippen molar-refractivity contribution in [1.29, 1.82) is 0 Å². The van der Waals surface area contributed by atoms with E-state index in [9.17, 15) is 0 Å². The standard InChI is InChI=1S/C29H29N7/c1-21-6-11-26(31-18-21)29-32-28(33-34-29)24-12-15-35(16-13-24)19-22-7-9-23(10-8-22)25-4-2-3-5-27(25)36-17-14-30-20-36/h2-11,14,17-18,20,24H,12-13,15-16,19H2,1H3,(H,32,33,34). The van der Waals surface area contributed by atoms with Crippen molar-refractivity contribution in [2.45, 2.75) is 32.2 Å². The number of aromatic amines is 1. The number of aromatic nitrogens is 6. The van der Waals surface area contributed by atoms with Crippen LogP contribution in [-0.4, -0.2) is 47.7 Å². The zero-order chi connectivity index (χ0) is 24.3. The van der Waals surface area contributed by atoms with Gasteiger partial charge in [0.2, 0.25) is 0 Å². The molecule has 3 aromatic heterocycles. The molecule has 1 aliphatic rings. The van der Waals surface area contributed by atoms with Gasteiger partial charge < -0.3 is 4.57 Å². The van der Waals surface area contributed by atoms with Crippen molar-refractivity contribution in [1.82, 2.24) is 34.6 Å². The Hall–Kier alpha value is -4.10. The summed E-state index contributed by atoms with van der Waals surface area (Å²) in [6.45, 7) is 5.10. The van der Waals surface area contributed by atoms with Crippen molar-refractivity contribution >= 4 is 0 Å². The highest BCUT2D eigenvalue weighted by Crippen LogP contribution is 2.29. The summed E-state index contributed by atoms with van der Waals surface area (Å²) < 4.78 is 2.06. The number of imidazole rings is 1. The highest BCUT2D eigenvalue weighted by molar-refractivity contribution is 5.73. The molecule has 1 aliphatic heterocycles. The van der Waals surface area contributed by atoms with Crippen LogP contribution in [0, 0.1) is 6.92 Å². The molecule has 0 aliphatic carbocycles. The Morgan fingerprint density at radius 3 is 2.56 bits per heavy atom. The smallest absolute Gasteiger partial charge is 0.199 e. The SMILES string of the molecule is Cc1ccc(-c2n[nH]c(C3CCN(Cc4ccc(-c5ccccc5-n5ccnc5)cc4)CC3)n2)nc1. The van der Waals surface area contributed by atoms with Gasteiger partial charge in [0, 0.05) is 36.6 Å². The van der Waals surface area contributed by atoms with Gasteiger partial charge in [-0.3, -0.25) is 15.0 Å². The normalized spacial score (nSPS) is 14.8. The minimum absolute atomic E-state index is 0.412. The van der Waals surface area contributed by atoms with Gasteiger partial charge in [0.1, 0.15) is 11.5 Å². The lowest BCUT2D eigenvalue weighted by Crippen LogP contribution is -2.32. The fourth-order valence-corrected chi connectivity index (χ4v) is 4.93. The summed E-state index contributed by atoms with van der Waals surface area (Å²) in [5.41, 5.74) is 6.84. The highest BCUT2D eigenvalue weighted by Gasteiger charge is 2.24. The Bertz CT molecular complexity index is 1410. The van der Waals surface area contributed by atoms with Gasteiger partial charge in [0.15, 0.2) is 5.82 Å². The zero-order valence-corrected chi connectivity index (χ0v) is 20.4. The predicted molar refractivity (Wildman–Crippen MR) is 141 cm³/mol. The number of nitrogens with one attached hydrogen (secondary N) is 1. The van der Waals surface area contributed by atoms with E-state index < -0.39 is 0 Å². The van der Waals surface area contributed by atoms with E-state index in [1.165, 1.54) is 16.7 Å². The average Bonchev–Trinajstić information content (AvgIpc) is 3.63. The Balaban J connectivity index is 1.08. The van der Waals surface area contributed by atoms with Gasteiger partial charge in [-0.05, 0) is 61.7 Å². The first-order chi connectivity index (χ1) is 17.7. The van der Waals surface area contributed by atoms with Gasteiger partial charge in [0.25, 0.3) is 0 Å². The summed E-state index contributed by atoms with van der Waals surface area (Å²) in [5, 5.41) is 7.58. The number of para-hydroxylation sites is 1. The molecule has 1 saturated heterocycles. The van der Waals surface area contributed by atoms with Crippen LogP contribution in [0.4, 0.5) is 0 Å². The molecular weight excluding hydrogens is 446 g/mol. The number of nitrogens with zero attached hydrogens (tertiary/aromatic N) is 6. The first-order valence-electron chi connectivity index (χ1n) is 12.5. The minimum atomic E-state index is 0.412. The lowest BCUT2D eigenvalue weighted by molar-refractivity contribution is 0.202. The zero-order valence-electron chi connectivity index (χ0n) is 20.4. The largest absolute Gasteiger partial charge is 0.306 e. The van der Waals surface area contributed by atoms with Gasteiger partial charge in [-0.15, -0.1) is 0 Å². The second kappa shape index (κ2) is 9.87. The van der Waals surface area contributed by atoms with E-state index in [0.717, 1.165) is 55.2 Å². The molecule has 0 bridgehead atoms. The molecule has 2 aromatic carbocycles. The lowest BCUT2D eigenvalue weighted by Gasteiger charge is -2.31. The summed E-state index contributed by atoms with van der Waals surface area (Å²) in [5.74, 6) is 2.07. The molecule has 180 valence electrons. The molecule has 36 heavy (non-hydrogen) atoms. The highest BCUT2D eigenvalue weighted by atomic mass is 15.2. The molecule has 0 saturated carbocycles. The quantitative estimate of drug-likeness (QED) is 0.356. The van der Waals surface area contributed by atoms with Gasteiger partial charge in [0.05, 0.1) is 12.0 Å². The predicted octanol–water partition coefficient (Wildman–Crippen LogP) is 5.41. The molecule has 0 spiro atoms. The number of hydrogen-bond donors (Lipinski definition) is 1. The molecule has 1 fully saturated rings. The first-order valence-corrected chi connectivity index (χ1v) is 12.5. The van der Waals surface area contributed by atoms with Gasteiger partial charge in [-0.2, -0.15) is 5.10 Å². The molecule has 0 amide bonds. The van der Waals surface area contributed by atoms with Gasteiger partial charge in [-0.25, -0.2) is 9.97 Å². The summed E-state index contributed by atoms with van der Waals surface area (Å²) in [4.78, 5) is 15.9.